The zero-order chi connectivity index (χ0) is 62.5. The number of hydrogen-bond acceptors (Lipinski definition) is 16. The van der Waals surface area contributed by atoms with E-state index in [0.29, 0.717) is 5.75 Å². The summed E-state index contributed by atoms with van der Waals surface area (Å²) >= 11 is 0. The maximum Gasteiger partial charge on any atom is 0.326 e. The number of methoxy groups -OCH3 is 1. The van der Waals surface area contributed by atoms with Gasteiger partial charge >= 0.3 is 18.0 Å². The highest BCUT2D eigenvalue weighted by Gasteiger charge is 2.58. The standard InChI is InChI=1S/C56H100N10O14Si2/c1-33(2)39(50(72)73)64-53(75)62-37(21-19-27-61-52(57)58)47(70)63-40(42(68)34(3)4)48(71)60-29-20-28-59-41(51(74)78-54(5,6)7)43(69)44-45(79-81(15,16)55(8,9)10)46(80-82(17,18)56(11,12)13)49(77-44)65-30-26-38(67)66(32-65)31-35-22-24-36(76-14)25-23-35/h22-26,30,33-34,37,39-46,49,59,68-69H,19-21,27-29,31-32H2,1-18H3,(H,60,71)(H,63,70)(H,72,73)(H4,57,58,61)(H2,62,64,75)/t37-,39-,40-,41-,42-,43+,44?,45+,46+,49+/m0/s1. The molecule has 82 heavy (non-hydrogen) atoms. The van der Waals surface area contributed by atoms with E-state index in [0.717, 1.165) is 5.56 Å². The number of nitrogens with one attached hydrogen (secondary N) is 5. The number of rotatable bonds is 29. The maximum atomic E-state index is 14.4. The summed E-state index contributed by atoms with van der Waals surface area (Å²) in [5, 5.41) is 46.6. The van der Waals surface area contributed by atoms with Gasteiger partial charge in [0, 0.05) is 31.9 Å². The number of carboxylic acid groups (broad SMARTS) is 1. The molecular formula is C56H100N10O14Si2. The maximum absolute atomic E-state index is 14.4. The Kier molecular flexibility index (Phi) is 25.9. The van der Waals surface area contributed by atoms with Crippen LogP contribution in [0, 0.1) is 11.8 Å². The Bertz CT molecular complexity index is 2350. The Morgan fingerprint density at radius 3 is 1.89 bits per heavy atom. The highest BCUT2D eigenvalue weighted by Crippen LogP contribution is 2.45. The predicted octanol–water partition coefficient (Wildman–Crippen LogP) is 3.82. The van der Waals surface area contributed by atoms with Gasteiger partial charge in [-0.05, 0) is 112 Å². The Labute approximate surface area is 488 Å². The van der Waals surface area contributed by atoms with Crippen molar-refractivity contribution in [2.24, 2.45) is 28.3 Å². The quantitative estimate of drug-likeness (QED) is 0.0179. The third kappa shape index (κ3) is 20.8. The number of ether oxygens (including phenoxy) is 3. The van der Waals surface area contributed by atoms with E-state index >= 15 is 0 Å². The molecule has 1 saturated heterocycles. The van der Waals surface area contributed by atoms with Gasteiger partial charge in [0.15, 0.2) is 28.8 Å². The fraction of sp³-hybridized carbons (Fsp3) is 0.732. The van der Waals surface area contributed by atoms with Crippen molar-refractivity contribution in [3.05, 3.63) is 42.1 Å². The van der Waals surface area contributed by atoms with Gasteiger partial charge in [-0.25, -0.2) is 9.59 Å². The number of benzene rings is 1. The van der Waals surface area contributed by atoms with Gasteiger partial charge in [0.2, 0.25) is 17.7 Å². The smallest absolute Gasteiger partial charge is 0.326 e. The first kappa shape index (κ1) is 70.9. The van der Waals surface area contributed by atoms with Crippen LogP contribution in [0.15, 0.2) is 41.5 Å². The molecule has 3 rings (SSSR count). The predicted molar refractivity (Wildman–Crippen MR) is 318 cm³/mol. The van der Waals surface area contributed by atoms with E-state index in [9.17, 15) is 44.1 Å². The van der Waals surface area contributed by atoms with Crippen molar-refractivity contribution in [2.45, 2.75) is 219 Å². The lowest BCUT2D eigenvalue weighted by Crippen LogP contribution is -2.60. The fourth-order valence-electron chi connectivity index (χ4n) is 8.46. The number of aliphatic hydroxyl groups excluding tert-OH is 2. The molecule has 10 atom stereocenters. The number of nitrogens with two attached hydrogens (primary N) is 2. The van der Waals surface area contributed by atoms with Crippen molar-refractivity contribution in [1.29, 1.82) is 0 Å². The first-order valence-corrected chi connectivity index (χ1v) is 34.2. The van der Waals surface area contributed by atoms with Crippen LogP contribution in [0.4, 0.5) is 4.79 Å². The number of esters is 1. The average molecular weight is 1190 g/mol. The summed E-state index contributed by atoms with van der Waals surface area (Å²) in [6.45, 7) is 33.2. The zero-order valence-corrected chi connectivity index (χ0v) is 53.9. The number of aliphatic imine (C=N–C) groups is 1. The SMILES string of the molecule is COc1ccc(CN2CN([C@@H]3OC([C@H](O)[C@H](NCCCNC(=O)[C@@H](NC(=O)[C@H](CCCN=C(N)N)NC(=O)N[C@H](C(=O)O)C(C)C)[C@@H](O)C(C)C)C(=O)OC(C)(C)C)[C@@H](O[Si](C)(C)C(C)(C)C)[C@H]3O[Si](C)(C)C(C)(C)C)C=CC2=O)cc1. The number of carbonyl (C=O) groups excluding carboxylic acids is 5. The number of amides is 5. The number of hydrogen-bond donors (Lipinski definition) is 10. The van der Waals surface area contributed by atoms with Crippen molar-refractivity contribution >= 4 is 58.3 Å². The van der Waals surface area contributed by atoms with Crippen molar-refractivity contribution in [3.8, 4) is 5.75 Å². The van der Waals surface area contributed by atoms with Crippen molar-refractivity contribution < 1.29 is 67.1 Å². The van der Waals surface area contributed by atoms with Crippen LogP contribution in [0.2, 0.25) is 36.3 Å². The van der Waals surface area contributed by atoms with Gasteiger partial charge in [-0.15, -0.1) is 0 Å². The second-order valence-electron chi connectivity index (χ2n) is 26.0. The molecule has 0 saturated carbocycles. The third-order valence-electron chi connectivity index (χ3n) is 15.4. The Morgan fingerprint density at radius 2 is 1.38 bits per heavy atom. The van der Waals surface area contributed by atoms with Crippen molar-refractivity contribution in [1.82, 2.24) is 36.4 Å². The van der Waals surface area contributed by atoms with Crippen LogP contribution in [0.25, 0.3) is 0 Å². The van der Waals surface area contributed by atoms with Gasteiger partial charge in [-0.3, -0.25) is 24.2 Å². The lowest BCUT2D eigenvalue weighted by molar-refractivity contribution is -0.168. The molecule has 0 aliphatic carbocycles. The molecule has 12 N–H and O–H groups in total. The highest BCUT2D eigenvalue weighted by atomic mass is 28.4. The number of carbonyl (C=O) groups is 6. The summed E-state index contributed by atoms with van der Waals surface area (Å²) < 4.78 is 33.0. The van der Waals surface area contributed by atoms with E-state index in [-0.39, 0.29) is 74.1 Å². The number of nitrogens with zero attached hydrogens (tertiary/aromatic N) is 3. The van der Waals surface area contributed by atoms with Gasteiger partial charge in [0.1, 0.15) is 59.9 Å². The Balaban J connectivity index is 1.99. The van der Waals surface area contributed by atoms with Gasteiger partial charge < -0.3 is 86.2 Å². The molecule has 5 amide bonds. The van der Waals surface area contributed by atoms with Gasteiger partial charge in [-0.1, -0.05) is 81.4 Å². The summed E-state index contributed by atoms with van der Waals surface area (Å²) in [5.41, 5.74) is 10.8. The zero-order valence-electron chi connectivity index (χ0n) is 51.9. The second-order valence-corrected chi connectivity index (χ2v) is 35.5. The minimum absolute atomic E-state index is 0.0285. The monoisotopic (exact) mass is 1190 g/mol. The summed E-state index contributed by atoms with van der Waals surface area (Å²) in [6.07, 6.45) is -3.44. The van der Waals surface area contributed by atoms with E-state index in [1.165, 1.54) is 6.08 Å². The van der Waals surface area contributed by atoms with E-state index in [4.69, 9.17) is 34.5 Å². The summed E-state index contributed by atoms with van der Waals surface area (Å²) in [7, 11) is -3.85. The molecule has 2 aliphatic heterocycles. The molecule has 0 aromatic heterocycles. The normalized spacial score (nSPS) is 20.3. The van der Waals surface area contributed by atoms with Gasteiger partial charge in [0.05, 0.1) is 19.9 Å². The van der Waals surface area contributed by atoms with Gasteiger partial charge in [-0.2, -0.15) is 0 Å². The molecule has 0 radical (unpaired) electrons. The van der Waals surface area contributed by atoms with Crippen molar-refractivity contribution in [2.75, 3.05) is 33.4 Å². The van der Waals surface area contributed by atoms with E-state index in [1.54, 1.807) is 66.7 Å². The summed E-state index contributed by atoms with van der Waals surface area (Å²) in [5.74, 6) is -4.40. The molecular weight excluding hydrogens is 1090 g/mol. The second kappa shape index (κ2) is 29.9. The Morgan fingerprint density at radius 1 is 0.793 bits per heavy atom. The number of guanidine groups is 1. The third-order valence-corrected chi connectivity index (χ3v) is 24.3. The van der Waals surface area contributed by atoms with Crippen LogP contribution in [0.5, 0.6) is 5.75 Å². The van der Waals surface area contributed by atoms with Crippen molar-refractivity contribution in [3.63, 3.8) is 0 Å². The van der Waals surface area contributed by atoms with Crippen LogP contribution >= 0.6 is 0 Å². The molecule has 2 heterocycles. The van der Waals surface area contributed by atoms with Crippen LogP contribution < -0.4 is 42.8 Å². The molecule has 466 valence electrons. The van der Waals surface area contributed by atoms with Crippen LogP contribution in [0.3, 0.4) is 0 Å². The highest BCUT2D eigenvalue weighted by molar-refractivity contribution is 6.74. The first-order valence-electron chi connectivity index (χ1n) is 28.3. The lowest BCUT2D eigenvalue weighted by Gasteiger charge is -2.45. The fourth-order valence-corrected chi connectivity index (χ4v) is 11.0. The number of aliphatic hydroxyl groups is 2. The van der Waals surface area contributed by atoms with Crippen LogP contribution in [-0.4, -0.2) is 183 Å². The molecule has 1 fully saturated rings. The topological polar surface area (TPSA) is 340 Å². The molecule has 26 heteroatoms. The lowest BCUT2D eigenvalue weighted by atomic mass is 9.98. The molecule has 2 aliphatic rings. The molecule has 24 nitrogen and oxygen atoms in total. The molecule has 0 spiro atoms. The number of urea groups is 1. The average Bonchev–Trinajstić information content (AvgIpc) is 3.67. The molecule has 0 bridgehead atoms. The van der Waals surface area contributed by atoms with Crippen LogP contribution in [0.1, 0.15) is 115 Å². The number of carboxylic acids is 1. The Hall–Kier alpha value is -5.36. The number of aliphatic carboxylic acids is 1. The van der Waals surface area contributed by atoms with E-state index in [2.05, 4.69) is 99.3 Å². The van der Waals surface area contributed by atoms with E-state index < -0.39 is 125 Å². The van der Waals surface area contributed by atoms with Crippen LogP contribution in [-0.2, 0) is 48.8 Å². The van der Waals surface area contributed by atoms with Gasteiger partial charge in [0.25, 0.3) is 0 Å². The molecule has 1 aromatic rings. The minimum atomic E-state index is -2.75. The molecule has 1 unspecified atom stereocenters. The summed E-state index contributed by atoms with van der Waals surface area (Å²) in [6, 6.07) is 0.976. The summed E-state index contributed by atoms with van der Waals surface area (Å²) in [4.78, 5) is 88.3. The largest absolute Gasteiger partial charge is 0.497 e. The minimum Gasteiger partial charge on any atom is -0.497 e. The molecule has 1 aromatic carbocycles. The first-order chi connectivity index (χ1) is 37.7. The van der Waals surface area contributed by atoms with E-state index in [1.807, 2.05) is 29.2 Å².